The van der Waals surface area contributed by atoms with E-state index in [0.29, 0.717) is 18.9 Å². The molecule has 1 unspecified atom stereocenters. The fraction of sp³-hybridized carbons (Fsp3) is 0.233. The van der Waals surface area contributed by atoms with Crippen molar-refractivity contribution in [1.29, 1.82) is 0 Å². The summed E-state index contributed by atoms with van der Waals surface area (Å²) in [5.41, 5.74) is 5.68. The molecule has 0 fully saturated rings. The van der Waals surface area contributed by atoms with Crippen LogP contribution in [0.2, 0.25) is 0 Å². The smallest absolute Gasteiger partial charge is 0.253 e. The minimum absolute atomic E-state index is 0.0303. The molecule has 1 aliphatic rings. The molecule has 3 aromatic carbocycles. The lowest BCUT2D eigenvalue weighted by Gasteiger charge is -2.16. The molecule has 8 heteroatoms. The van der Waals surface area contributed by atoms with Crippen LogP contribution in [0.15, 0.2) is 72.9 Å². The molecule has 1 aliphatic heterocycles. The number of rotatable bonds is 8. The minimum Gasteiger partial charge on any atom is -0.497 e. The van der Waals surface area contributed by atoms with Crippen LogP contribution in [0.25, 0.3) is 21.9 Å². The normalized spacial score (nSPS) is 14.8. The van der Waals surface area contributed by atoms with Crippen LogP contribution in [0.4, 0.5) is 11.6 Å². The van der Waals surface area contributed by atoms with Gasteiger partial charge in [0.1, 0.15) is 11.8 Å². The minimum atomic E-state index is -0.657. The summed E-state index contributed by atoms with van der Waals surface area (Å²) in [7, 11) is 1.65. The Morgan fingerprint density at radius 2 is 1.92 bits per heavy atom. The number of methoxy groups -OCH3 is 1. The van der Waals surface area contributed by atoms with Crippen LogP contribution in [-0.4, -0.2) is 40.0 Å². The van der Waals surface area contributed by atoms with Gasteiger partial charge in [0.25, 0.3) is 5.91 Å². The van der Waals surface area contributed by atoms with Gasteiger partial charge in [0.2, 0.25) is 11.9 Å². The Kier molecular flexibility index (Phi) is 6.07. The van der Waals surface area contributed by atoms with Crippen molar-refractivity contribution >= 4 is 45.4 Å². The summed E-state index contributed by atoms with van der Waals surface area (Å²) in [4.78, 5) is 36.6. The number of carbonyl (C=O) groups is 2. The highest BCUT2D eigenvalue weighted by atomic mass is 16.5. The molecule has 38 heavy (non-hydrogen) atoms. The maximum atomic E-state index is 13.7. The van der Waals surface area contributed by atoms with E-state index in [-0.39, 0.29) is 18.2 Å². The summed E-state index contributed by atoms with van der Waals surface area (Å²) in [5.74, 6) is 1.04. The predicted octanol–water partition coefficient (Wildman–Crippen LogP) is 5.25. The van der Waals surface area contributed by atoms with Crippen molar-refractivity contribution in [2.45, 2.75) is 32.2 Å². The van der Waals surface area contributed by atoms with E-state index >= 15 is 0 Å². The first kappa shape index (κ1) is 23.8. The van der Waals surface area contributed by atoms with Crippen molar-refractivity contribution in [2.75, 3.05) is 23.9 Å². The fourth-order valence-corrected chi connectivity index (χ4v) is 5.24. The van der Waals surface area contributed by atoms with Gasteiger partial charge in [-0.1, -0.05) is 31.2 Å². The molecule has 8 nitrogen and oxygen atoms in total. The number of aryl methyl sites for hydroxylation is 1. The molecule has 0 aliphatic carbocycles. The molecule has 0 saturated carbocycles. The molecule has 3 heterocycles. The van der Waals surface area contributed by atoms with Gasteiger partial charge < -0.3 is 15.0 Å². The number of para-hydroxylation sites is 2. The average molecular weight is 508 g/mol. The number of nitrogens with zero attached hydrogens (tertiary/aromatic N) is 3. The summed E-state index contributed by atoms with van der Waals surface area (Å²) < 4.78 is 7.31. The Hall–Kier alpha value is -4.59. The lowest BCUT2D eigenvalue weighted by atomic mass is 10.1. The third kappa shape index (κ3) is 4.18. The number of aromatic amines is 1. The van der Waals surface area contributed by atoms with Gasteiger partial charge in [0, 0.05) is 29.3 Å². The summed E-state index contributed by atoms with van der Waals surface area (Å²) in [5, 5.41) is 4.02. The Balaban J connectivity index is 1.26. The molecule has 0 spiro atoms. The first-order chi connectivity index (χ1) is 18.6. The summed E-state index contributed by atoms with van der Waals surface area (Å²) in [6, 6.07) is 20.8. The number of hydrogen-bond acceptors (Lipinski definition) is 4. The van der Waals surface area contributed by atoms with Crippen molar-refractivity contribution < 1.29 is 14.3 Å². The van der Waals surface area contributed by atoms with Crippen LogP contribution >= 0.6 is 0 Å². The number of ether oxygens (including phenoxy) is 1. The monoisotopic (exact) mass is 507 g/mol. The predicted molar refractivity (Wildman–Crippen MR) is 149 cm³/mol. The van der Waals surface area contributed by atoms with Gasteiger partial charge >= 0.3 is 0 Å². The van der Waals surface area contributed by atoms with Crippen molar-refractivity contribution in [3.8, 4) is 5.75 Å². The van der Waals surface area contributed by atoms with Crippen molar-refractivity contribution in [3.63, 3.8) is 0 Å². The van der Waals surface area contributed by atoms with Crippen molar-refractivity contribution in [2.24, 2.45) is 0 Å². The third-order valence-corrected chi connectivity index (χ3v) is 7.29. The molecule has 0 radical (unpaired) electrons. The maximum Gasteiger partial charge on any atom is 0.253 e. The van der Waals surface area contributed by atoms with E-state index in [2.05, 4.69) is 17.2 Å². The van der Waals surface area contributed by atoms with Gasteiger partial charge in [-0.2, -0.15) is 0 Å². The highest BCUT2D eigenvalue weighted by Gasteiger charge is 2.40. The third-order valence-electron chi connectivity index (χ3n) is 7.29. The Bertz CT molecular complexity index is 1650. The molecule has 0 saturated heterocycles. The number of carbonyl (C=O) groups excluding carboxylic acids is 2. The molecule has 2 aromatic heterocycles. The standard InChI is InChI=1S/C30H29N5O3/c1-3-19-8-10-21(11-9-19)32-28(36)17-27-29(37)34(30-33-25-6-4-5-7-26(25)35(27)30)15-14-20-18-31-24-13-12-22(38-2)16-23(20)24/h4-13,16,18,27,31H,3,14-15,17H2,1-2H3,(H,32,36). The van der Waals surface area contributed by atoms with Crippen LogP contribution < -0.4 is 15.0 Å². The number of aromatic nitrogens is 3. The van der Waals surface area contributed by atoms with Gasteiger partial charge in [-0.15, -0.1) is 0 Å². The van der Waals surface area contributed by atoms with E-state index < -0.39 is 6.04 Å². The van der Waals surface area contributed by atoms with E-state index in [1.165, 1.54) is 5.56 Å². The molecule has 1 atom stereocenters. The molecule has 6 rings (SSSR count). The Labute approximate surface area is 220 Å². The summed E-state index contributed by atoms with van der Waals surface area (Å²) >= 11 is 0. The van der Waals surface area contributed by atoms with Gasteiger partial charge in [-0.3, -0.25) is 19.1 Å². The lowest BCUT2D eigenvalue weighted by molar-refractivity contribution is -0.124. The lowest BCUT2D eigenvalue weighted by Crippen LogP contribution is -2.33. The Morgan fingerprint density at radius 1 is 1.11 bits per heavy atom. The molecule has 2 amide bonds. The second-order valence-corrected chi connectivity index (χ2v) is 9.55. The Morgan fingerprint density at radius 3 is 2.71 bits per heavy atom. The van der Waals surface area contributed by atoms with E-state index in [1.807, 2.05) is 77.5 Å². The first-order valence-corrected chi connectivity index (χ1v) is 12.9. The first-order valence-electron chi connectivity index (χ1n) is 12.9. The SMILES string of the molecule is CCc1ccc(NC(=O)CC2C(=O)N(CCc3c[nH]c4ccc(OC)cc34)c3nc4ccccc4n32)cc1. The largest absolute Gasteiger partial charge is 0.497 e. The number of benzene rings is 3. The van der Waals surface area contributed by atoms with E-state index in [4.69, 9.17) is 9.72 Å². The molecule has 2 N–H and O–H groups in total. The average Bonchev–Trinajstić information content (AvgIpc) is 3.59. The van der Waals surface area contributed by atoms with Crippen molar-refractivity contribution in [1.82, 2.24) is 14.5 Å². The number of hydrogen-bond donors (Lipinski definition) is 2. The zero-order valence-corrected chi connectivity index (χ0v) is 21.4. The zero-order valence-electron chi connectivity index (χ0n) is 21.4. The molecular weight excluding hydrogens is 478 g/mol. The van der Waals surface area contributed by atoms with E-state index in [0.717, 1.165) is 45.4 Å². The molecule has 192 valence electrons. The van der Waals surface area contributed by atoms with Gasteiger partial charge in [0.15, 0.2) is 0 Å². The highest BCUT2D eigenvalue weighted by Crippen LogP contribution is 2.37. The van der Waals surface area contributed by atoms with E-state index in [9.17, 15) is 9.59 Å². The number of H-pyrrole nitrogens is 1. The number of fused-ring (bicyclic) bond motifs is 4. The van der Waals surface area contributed by atoms with Gasteiger partial charge in [-0.05, 0) is 66.4 Å². The maximum absolute atomic E-state index is 13.7. The highest BCUT2D eigenvalue weighted by molar-refractivity contribution is 6.05. The molecule has 5 aromatic rings. The van der Waals surface area contributed by atoms with Gasteiger partial charge in [0.05, 0.1) is 24.6 Å². The van der Waals surface area contributed by atoms with Crippen LogP contribution in [0.3, 0.4) is 0 Å². The second kappa shape index (κ2) is 9.70. The van der Waals surface area contributed by atoms with Crippen LogP contribution in [0.5, 0.6) is 5.75 Å². The van der Waals surface area contributed by atoms with E-state index in [1.54, 1.807) is 12.0 Å². The van der Waals surface area contributed by atoms with Crippen LogP contribution in [0, 0.1) is 0 Å². The fourth-order valence-electron chi connectivity index (χ4n) is 5.24. The summed E-state index contributed by atoms with van der Waals surface area (Å²) in [6.07, 6.45) is 3.57. The topological polar surface area (TPSA) is 92.2 Å². The number of anilines is 2. The number of amides is 2. The molecule has 0 bridgehead atoms. The van der Waals surface area contributed by atoms with Crippen molar-refractivity contribution in [3.05, 3.63) is 84.1 Å². The number of nitrogens with one attached hydrogen (secondary N) is 2. The van der Waals surface area contributed by atoms with Crippen LogP contribution in [-0.2, 0) is 22.4 Å². The van der Waals surface area contributed by atoms with Gasteiger partial charge in [-0.25, -0.2) is 4.98 Å². The summed E-state index contributed by atoms with van der Waals surface area (Å²) in [6.45, 7) is 2.54. The zero-order chi connectivity index (χ0) is 26.2. The quantitative estimate of drug-likeness (QED) is 0.300. The number of imidazole rings is 1. The van der Waals surface area contributed by atoms with Crippen LogP contribution in [0.1, 0.15) is 30.5 Å². The second-order valence-electron chi connectivity index (χ2n) is 9.55. The molecular formula is C30H29N5O3.